The van der Waals surface area contributed by atoms with Crippen molar-refractivity contribution >= 4 is 5.91 Å². The van der Waals surface area contributed by atoms with Crippen LogP contribution in [0.5, 0.6) is 0 Å². The number of halogens is 2. The highest BCUT2D eigenvalue weighted by Gasteiger charge is 2.34. The number of piperidine rings is 1. The standard InChI is InChI=1S/C23H27F2N3O/c1-16-4-2-7-21(26-16)23(29)28-13-10-18(15-28)17-8-11-27(12-9-17)14-19-5-3-6-20(24)22(19)25/h2-7,17-18H,8-15H2,1H3/t18-/m0/s1. The smallest absolute Gasteiger partial charge is 0.272 e. The lowest BCUT2D eigenvalue weighted by atomic mass is 9.83. The van der Waals surface area contributed by atoms with Gasteiger partial charge in [-0.05, 0) is 69.3 Å². The van der Waals surface area contributed by atoms with Crippen molar-refractivity contribution in [2.75, 3.05) is 26.2 Å². The first-order valence-corrected chi connectivity index (χ1v) is 10.4. The molecule has 0 saturated carbocycles. The van der Waals surface area contributed by atoms with Crippen molar-refractivity contribution in [2.45, 2.75) is 32.7 Å². The van der Waals surface area contributed by atoms with E-state index in [0.29, 0.717) is 29.6 Å². The Morgan fingerprint density at radius 3 is 2.52 bits per heavy atom. The molecule has 154 valence electrons. The van der Waals surface area contributed by atoms with Crippen molar-refractivity contribution in [1.29, 1.82) is 0 Å². The van der Waals surface area contributed by atoms with Crippen molar-refractivity contribution in [2.24, 2.45) is 11.8 Å². The lowest BCUT2D eigenvalue weighted by Crippen LogP contribution is -2.37. The number of carbonyl (C=O) groups is 1. The van der Waals surface area contributed by atoms with Crippen LogP contribution in [0.25, 0.3) is 0 Å². The van der Waals surface area contributed by atoms with E-state index in [0.717, 1.165) is 57.2 Å². The van der Waals surface area contributed by atoms with Gasteiger partial charge in [0.2, 0.25) is 0 Å². The van der Waals surface area contributed by atoms with E-state index in [1.54, 1.807) is 18.2 Å². The first kappa shape index (κ1) is 20.0. The van der Waals surface area contributed by atoms with Crippen LogP contribution in [0.2, 0.25) is 0 Å². The average molecular weight is 399 g/mol. The predicted molar refractivity (Wildman–Crippen MR) is 107 cm³/mol. The fraction of sp³-hybridized carbons (Fsp3) is 0.478. The van der Waals surface area contributed by atoms with Gasteiger partial charge < -0.3 is 4.90 Å². The molecule has 6 heteroatoms. The van der Waals surface area contributed by atoms with Crippen LogP contribution in [-0.2, 0) is 6.54 Å². The Bertz CT molecular complexity index is 880. The molecule has 2 saturated heterocycles. The summed E-state index contributed by atoms with van der Waals surface area (Å²) in [5.74, 6) is -0.403. The monoisotopic (exact) mass is 399 g/mol. The van der Waals surface area contributed by atoms with Crippen molar-refractivity contribution < 1.29 is 13.6 Å². The zero-order valence-electron chi connectivity index (χ0n) is 16.8. The Kier molecular flexibility index (Phi) is 5.90. The van der Waals surface area contributed by atoms with Crippen LogP contribution in [0.4, 0.5) is 8.78 Å². The number of benzene rings is 1. The largest absolute Gasteiger partial charge is 0.337 e. The predicted octanol–water partition coefficient (Wildman–Crippen LogP) is 4.04. The van der Waals surface area contributed by atoms with Crippen molar-refractivity contribution in [3.63, 3.8) is 0 Å². The van der Waals surface area contributed by atoms with Crippen molar-refractivity contribution in [3.8, 4) is 0 Å². The van der Waals surface area contributed by atoms with E-state index >= 15 is 0 Å². The molecule has 3 heterocycles. The highest BCUT2D eigenvalue weighted by molar-refractivity contribution is 5.92. The Balaban J connectivity index is 1.29. The number of aromatic nitrogens is 1. The third-order valence-corrected chi connectivity index (χ3v) is 6.34. The second-order valence-electron chi connectivity index (χ2n) is 8.29. The van der Waals surface area contributed by atoms with Gasteiger partial charge in [-0.2, -0.15) is 0 Å². The number of nitrogens with zero attached hydrogens (tertiary/aromatic N) is 3. The third-order valence-electron chi connectivity index (χ3n) is 6.34. The van der Waals surface area contributed by atoms with Gasteiger partial charge in [-0.15, -0.1) is 0 Å². The van der Waals surface area contributed by atoms with Gasteiger partial charge in [0.15, 0.2) is 11.6 Å². The maximum atomic E-state index is 13.9. The topological polar surface area (TPSA) is 36.4 Å². The minimum atomic E-state index is -0.781. The number of carbonyl (C=O) groups excluding carboxylic acids is 1. The molecule has 1 aromatic carbocycles. The van der Waals surface area contributed by atoms with Crippen molar-refractivity contribution in [1.82, 2.24) is 14.8 Å². The van der Waals surface area contributed by atoms with Gasteiger partial charge in [-0.25, -0.2) is 13.8 Å². The summed E-state index contributed by atoms with van der Waals surface area (Å²) in [5.41, 5.74) is 1.80. The Morgan fingerprint density at radius 1 is 1.03 bits per heavy atom. The van der Waals surface area contributed by atoms with Crippen molar-refractivity contribution in [3.05, 3.63) is 65.0 Å². The number of hydrogen-bond acceptors (Lipinski definition) is 3. The third kappa shape index (κ3) is 4.47. The van der Waals surface area contributed by atoms with E-state index in [9.17, 15) is 13.6 Å². The SMILES string of the molecule is Cc1cccc(C(=O)N2CC[C@H](C3CCN(Cc4cccc(F)c4F)CC3)C2)n1. The molecule has 0 unspecified atom stereocenters. The molecule has 0 N–H and O–H groups in total. The number of amides is 1. The first-order valence-electron chi connectivity index (χ1n) is 10.4. The van der Waals surface area contributed by atoms with Crippen LogP contribution in [0, 0.1) is 30.4 Å². The van der Waals surface area contributed by atoms with E-state index in [2.05, 4.69) is 9.88 Å². The molecule has 2 aliphatic heterocycles. The van der Waals surface area contributed by atoms with Gasteiger partial charge in [0, 0.05) is 30.9 Å². The summed E-state index contributed by atoms with van der Waals surface area (Å²) in [6, 6.07) is 9.93. The summed E-state index contributed by atoms with van der Waals surface area (Å²) in [6.45, 7) is 5.68. The summed E-state index contributed by atoms with van der Waals surface area (Å²) in [6.07, 6.45) is 3.10. The zero-order chi connectivity index (χ0) is 20.4. The molecule has 2 aromatic rings. The lowest BCUT2D eigenvalue weighted by Gasteiger charge is -2.35. The first-order chi connectivity index (χ1) is 14.0. The van der Waals surface area contributed by atoms with Crippen LogP contribution in [-0.4, -0.2) is 46.9 Å². The molecule has 1 aromatic heterocycles. The van der Waals surface area contributed by atoms with Crippen LogP contribution in [0.15, 0.2) is 36.4 Å². The summed E-state index contributed by atoms with van der Waals surface area (Å²) in [5, 5.41) is 0. The fourth-order valence-electron chi connectivity index (χ4n) is 4.67. The summed E-state index contributed by atoms with van der Waals surface area (Å²) in [7, 11) is 0. The molecular formula is C23H27F2N3O. The van der Waals surface area contributed by atoms with Gasteiger partial charge in [0.05, 0.1) is 0 Å². The molecular weight excluding hydrogens is 372 g/mol. The second-order valence-corrected chi connectivity index (χ2v) is 8.29. The summed E-state index contributed by atoms with van der Waals surface area (Å²) in [4.78, 5) is 21.2. The second kappa shape index (κ2) is 8.57. The van der Waals surface area contributed by atoms with E-state index < -0.39 is 11.6 Å². The molecule has 2 fully saturated rings. The molecule has 4 nitrogen and oxygen atoms in total. The number of likely N-dealkylation sites (tertiary alicyclic amines) is 2. The fourth-order valence-corrected chi connectivity index (χ4v) is 4.67. The van der Waals surface area contributed by atoms with E-state index in [4.69, 9.17) is 0 Å². The number of pyridine rings is 1. The van der Waals surface area contributed by atoms with Crippen LogP contribution in [0.3, 0.4) is 0 Å². The van der Waals surface area contributed by atoms with Gasteiger partial charge in [0.25, 0.3) is 5.91 Å². The van der Waals surface area contributed by atoms with Gasteiger partial charge in [-0.3, -0.25) is 9.69 Å². The Hall–Kier alpha value is -2.34. The Labute approximate surface area is 170 Å². The summed E-state index contributed by atoms with van der Waals surface area (Å²) >= 11 is 0. The highest BCUT2D eigenvalue weighted by Crippen LogP contribution is 2.33. The quantitative estimate of drug-likeness (QED) is 0.779. The molecule has 1 amide bonds. The minimum absolute atomic E-state index is 0.0233. The minimum Gasteiger partial charge on any atom is -0.337 e. The lowest BCUT2D eigenvalue weighted by molar-refractivity contribution is 0.0767. The van der Waals surface area contributed by atoms with Gasteiger partial charge >= 0.3 is 0 Å². The molecule has 4 rings (SSSR count). The Morgan fingerprint density at radius 2 is 1.76 bits per heavy atom. The molecule has 29 heavy (non-hydrogen) atoms. The van der Waals surface area contributed by atoms with E-state index in [1.807, 2.05) is 24.0 Å². The highest BCUT2D eigenvalue weighted by atomic mass is 19.2. The van der Waals surface area contributed by atoms with Crippen LogP contribution >= 0.6 is 0 Å². The number of rotatable bonds is 4. The van der Waals surface area contributed by atoms with Gasteiger partial charge in [-0.1, -0.05) is 18.2 Å². The number of aryl methyl sites for hydroxylation is 1. The number of hydrogen-bond donors (Lipinski definition) is 0. The molecule has 2 aliphatic rings. The molecule has 0 spiro atoms. The summed E-state index contributed by atoms with van der Waals surface area (Å²) < 4.78 is 27.3. The molecule has 0 aliphatic carbocycles. The van der Waals surface area contributed by atoms with E-state index in [1.165, 1.54) is 0 Å². The molecule has 0 radical (unpaired) electrons. The molecule has 1 atom stereocenters. The van der Waals surface area contributed by atoms with Crippen LogP contribution < -0.4 is 0 Å². The maximum absolute atomic E-state index is 13.9. The van der Waals surface area contributed by atoms with Gasteiger partial charge in [0.1, 0.15) is 5.69 Å². The maximum Gasteiger partial charge on any atom is 0.272 e. The zero-order valence-corrected chi connectivity index (χ0v) is 16.8. The molecule has 0 bridgehead atoms. The van der Waals surface area contributed by atoms with E-state index in [-0.39, 0.29) is 5.91 Å². The normalized spacial score (nSPS) is 20.9. The average Bonchev–Trinajstić information content (AvgIpc) is 3.22. The van der Waals surface area contributed by atoms with Crippen LogP contribution in [0.1, 0.15) is 41.0 Å².